The minimum Gasteiger partial charge on any atom is -0.507 e. The fourth-order valence-corrected chi connectivity index (χ4v) is 1.97. The number of aromatic amines is 1. The highest BCUT2D eigenvalue weighted by Crippen LogP contribution is 2.24. The lowest BCUT2D eigenvalue weighted by molar-refractivity contribution is 0.471. The van der Waals surface area contributed by atoms with Crippen molar-refractivity contribution in [3.05, 3.63) is 46.2 Å². The van der Waals surface area contributed by atoms with E-state index in [-0.39, 0.29) is 11.8 Å². The zero-order chi connectivity index (χ0) is 12.3. The van der Waals surface area contributed by atoms with Gasteiger partial charge < -0.3 is 10.4 Å². The van der Waals surface area contributed by atoms with Crippen molar-refractivity contribution in [3.8, 4) is 5.75 Å². The van der Waals surface area contributed by atoms with E-state index in [2.05, 4.69) is 38.4 Å². The lowest BCUT2D eigenvalue weighted by atomic mass is 10.1. The zero-order valence-corrected chi connectivity index (χ0v) is 11.0. The van der Waals surface area contributed by atoms with Crippen molar-refractivity contribution in [1.82, 2.24) is 15.5 Å². The van der Waals surface area contributed by atoms with Crippen LogP contribution >= 0.6 is 15.9 Å². The number of aromatic nitrogens is 2. The van der Waals surface area contributed by atoms with Crippen LogP contribution in [0.4, 0.5) is 0 Å². The van der Waals surface area contributed by atoms with Crippen molar-refractivity contribution < 1.29 is 5.11 Å². The number of halogens is 1. The summed E-state index contributed by atoms with van der Waals surface area (Å²) in [6.45, 7) is 2.82. The number of nitrogens with one attached hydrogen (secondary N) is 2. The number of hydrogen-bond acceptors (Lipinski definition) is 3. The second kappa shape index (κ2) is 5.33. The second-order valence-corrected chi connectivity index (χ2v) is 4.77. The normalized spacial score (nSPS) is 12.6. The molecular formula is C12H14BrN3O. The number of nitrogens with zero attached hydrogens (tertiary/aromatic N) is 1. The number of phenols is 1. The van der Waals surface area contributed by atoms with Gasteiger partial charge in [-0.2, -0.15) is 5.10 Å². The van der Waals surface area contributed by atoms with Gasteiger partial charge in [-0.3, -0.25) is 5.10 Å². The van der Waals surface area contributed by atoms with Crippen LogP contribution in [-0.2, 0) is 6.54 Å². The molecule has 5 heteroatoms. The first-order valence-corrected chi connectivity index (χ1v) is 6.15. The summed E-state index contributed by atoms with van der Waals surface area (Å²) in [6.07, 6.45) is 3.69. The number of phenolic OH excluding ortho intramolecular Hbond substituents is 1. The lowest BCUT2D eigenvalue weighted by Gasteiger charge is -2.12. The molecule has 1 heterocycles. The van der Waals surface area contributed by atoms with Gasteiger partial charge in [0.2, 0.25) is 0 Å². The Kier molecular flexibility index (Phi) is 3.81. The van der Waals surface area contributed by atoms with Gasteiger partial charge in [0.25, 0.3) is 0 Å². The highest BCUT2D eigenvalue weighted by Gasteiger charge is 2.06. The van der Waals surface area contributed by atoms with Crippen molar-refractivity contribution in [1.29, 1.82) is 0 Å². The quantitative estimate of drug-likeness (QED) is 0.813. The fourth-order valence-electron chi connectivity index (χ4n) is 1.55. The molecular weight excluding hydrogens is 282 g/mol. The zero-order valence-electron chi connectivity index (χ0n) is 9.44. The van der Waals surface area contributed by atoms with Crippen molar-refractivity contribution in [2.45, 2.75) is 19.5 Å². The first-order chi connectivity index (χ1) is 8.16. The predicted molar refractivity (Wildman–Crippen MR) is 69.6 cm³/mol. The summed E-state index contributed by atoms with van der Waals surface area (Å²) in [5, 5.41) is 19.5. The van der Waals surface area contributed by atoms with Crippen LogP contribution < -0.4 is 5.32 Å². The molecule has 0 bridgehead atoms. The maximum atomic E-state index is 9.39. The Morgan fingerprint density at radius 1 is 1.53 bits per heavy atom. The van der Waals surface area contributed by atoms with E-state index in [1.807, 2.05) is 24.5 Å². The number of benzene rings is 1. The van der Waals surface area contributed by atoms with Gasteiger partial charge in [0.05, 0.1) is 10.7 Å². The monoisotopic (exact) mass is 295 g/mol. The summed E-state index contributed by atoms with van der Waals surface area (Å²) in [6, 6.07) is 5.73. The first kappa shape index (κ1) is 12.1. The third-order valence-electron chi connectivity index (χ3n) is 2.64. The average Bonchev–Trinajstić information content (AvgIpc) is 2.84. The Morgan fingerprint density at radius 3 is 3.00 bits per heavy atom. The summed E-state index contributed by atoms with van der Waals surface area (Å²) in [4.78, 5) is 0. The third-order valence-corrected chi connectivity index (χ3v) is 3.28. The molecule has 1 aromatic carbocycles. The Bertz CT molecular complexity index is 485. The van der Waals surface area contributed by atoms with Gasteiger partial charge in [-0.25, -0.2) is 0 Å². The molecule has 90 valence electrons. The van der Waals surface area contributed by atoms with E-state index >= 15 is 0 Å². The number of rotatable bonds is 4. The molecule has 0 fully saturated rings. The van der Waals surface area contributed by atoms with Crippen LogP contribution in [-0.4, -0.2) is 15.3 Å². The maximum absolute atomic E-state index is 9.39. The summed E-state index contributed by atoms with van der Waals surface area (Å²) in [5.41, 5.74) is 2.24. The summed E-state index contributed by atoms with van der Waals surface area (Å²) < 4.78 is 0.716. The lowest BCUT2D eigenvalue weighted by Crippen LogP contribution is -2.17. The predicted octanol–water partition coefficient (Wildman–Crippen LogP) is 2.73. The molecule has 1 atom stereocenters. The summed E-state index contributed by atoms with van der Waals surface area (Å²) in [5.74, 6) is 0.261. The molecule has 2 rings (SSSR count). The minimum atomic E-state index is 0.237. The van der Waals surface area contributed by atoms with Crippen LogP contribution in [0.5, 0.6) is 5.75 Å². The van der Waals surface area contributed by atoms with Crippen LogP contribution in [0.25, 0.3) is 0 Å². The molecule has 1 unspecified atom stereocenters. The first-order valence-electron chi connectivity index (χ1n) is 5.36. The largest absolute Gasteiger partial charge is 0.507 e. The Labute approximate surface area is 108 Å². The molecule has 4 nitrogen and oxygen atoms in total. The molecule has 0 amide bonds. The Balaban J connectivity index is 1.96. The van der Waals surface area contributed by atoms with Crippen molar-refractivity contribution in [2.24, 2.45) is 0 Å². The topological polar surface area (TPSA) is 60.9 Å². The van der Waals surface area contributed by atoms with Crippen LogP contribution in [0.2, 0.25) is 0 Å². The van der Waals surface area contributed by atoms with Crippen LogP contribution in [0.15, 0.2) is 35.1 Å². The molecule has 0 saturated heterocycles. The van der Waals surface area contributed by atoms with E-state index < -0.39 is 0 Å². The molecule has 3 N–H and O–H groups in total. The number of aromatic hydroxyl groups is 1. The van der Waals surface area contributed by atoms with Gasteiger partial charge in [-0.1, -0.05) is 6.07 Å². The molecule has 0 aliphatic carbocycles. The smallest absolute Gasteiger partial charge is 0.129 e. The van der Waals surface area contributed by atoms with E-state index in [9.17, 15) is 5.11 Å². The van der Waals surface area contributed by atoms with Crippen molar-refractivity contribution in [2.75, 3.05) is 0 Å². The molecule has 2 aromatic rings. The Morgan fingerprint density at radius 2 is 2.35 bits per heavy atom. The van der Waals surface area contributed by atoms with Gasteiger partial charge in [0, 0.05) is 24.3 Å². The van der Waals surface area contributed by atoms with Gasteiger partial charge in [-0.15, -0.1) is 0 Å². The molecule has 0 saturated carbocycles. The minimum absolute atomic E-state index is 0.237. The van der Waals surface area contributed by atoms with E-state index in [0.29, 0.717) is 4.47 Å². The second-order valence-electron chi connectivity index (χ2n) is 3.92. The molecule has 0 aliphatic rings. The van der Waals surface area contributed by atoms with E-state index in [1.54, 1.807) is 6.07 Å². The molecule has 17 heavy (non-hydrogen) atoms. The third kappa shape index (κ3) is 3.08. The highest BCUT2D eigenvalue weighted by molar-refractivity contribution is 9.10. The standard InChI is InChI=1S/C12H14BrN3O/c1-8(10-6-15-16-7-10)14-5-9-2-3-12(17)11(13)4-9/h2-4,6-8,14,17H,5H2,1H3,(H,15,16). The van der Waals surface area contributed by atoms with Gasteiger partial charge in [0.1, 0.15) is 5.75 Å². The molecule has 1 aromatic heterocycles. The Hall–Kier alpha value is -1.33. The number of hydrogen-bond donors (Lipinski definition) is 3. The SMILES string of the molecule is CC(NCc1ccc(O)c(Br)c1)c1cn[nH]c1. The number of H-pyrrole nitrogens is 1. The van der Waals surface area contributed by atoms with Crippen molar-refractivity contribution in [3.63, 3.8) is 0 Å². The summed E-state index contributed by atoms with van der Waals surface area (Å²) >= 11 is 3.30. The average molecular weight is 296 g/mol. The molecule has 0 aliphatic heterocycles. The molecule has 0 radical (unpaired) electrons. The van der Waals surface area contributed by atoms with Gasteiger partial charge in [-0.05, 0) is 40.5 Å². The van der Waals surface area contributed by atoms with Crippen LogP contribution in [0.1, 0.15) is 24.1 Å². The van der Waals surface area contributed by atoms with Gasteiger partial charge in [0.15, 0.2) is 0 Å². The van der Waals surface area contributed by atoms with E-state index in [0.717, 1.165) is 17.7 Å². The van der Waals surface area contributed by atoms with Crippen LogP contribution in [0, 0.1) is 0 Å². The highest BCUT2D eigenvalue weighted by atomic mass is 79.9. The summed E-state index contributed by atoms with van der Waals surface area (Å²) in [7, 11) is 0. The maximum Gasteiger partial charge on any atom is 0.129 e. The van der Waals surface area contributed by atoms with E-state index in [1.165, 1.54) is 0 Å². The molecule has 0 spiro atoms. The van der Waals surface area contributed by atoms with E-state index in [4.69, 9.17) is 0 Å². The van der Waals surface area contributed by atoms with Crippen LogP contribution in [0.3, 0.4) is 0 Å². The van der Waals surface area contributed by atoms with Gasteiger partial charge >= 0.3 is 0 Å². The van der Waals surface area contributed by atoms with Crippen molar-refractivity contribution >= 4 is 15.9 Å². The fraction of sp³-hybridized carbons (Fsp3) is 0.250.